The predicted molar refractivity (Wildman–Crippen MR) is 107 cm³/mol. The third-order valence-corrected chi connectivity index (χ3v) is 4.87. The van der Waals surface area contributed by atoms with Crippen LogP contribution in [0.25, 0.3) is 22.3 Å². The SMILES string of the molecule is CCc1nc2c(C)ncnc2n1Cc1ccc(-c2ccccc2C(=O)O)cc1. The molecule has 2 heterocycles. The summed E-state index contributed by atoms with van der Waals surface area (Å²) in [6.45, 7) is 4.67. The van der Waals surface area contributed by atoms with Crippen LogP contribution in [0.5, 0.6) is 0 Å². The molecule has 0 spiro atoms. The Morgan fingerprint density at radius 2 is 1.82 bits per heavy atom. The summed E-state index contributed by atoms with van der Waals surface area (Å²) in [6, 6.07) is 15.0. The highest BCUT2D eigenvalue weighted by molar-refractivity contribution is 5.96. The van der Waals surface area contributed by atoms with Crippen LogP contribution in [0.15, 0.2) is 54.9 Å². The first kappa shape index (κ1) is 17.9. The number of hydrogen-bond acceptors (Lipinski definition) is 4. The minimum atomic E-state index is -0.924. The van der Waals surface area contributed by atoms with Gasteiger partial charge >= 0.3 is 5.97 Å². The molecule has 1 N–H and O–H groups in total. The fraction of sp³-hybridized carbons (Fsp3) is 0.182. The lowest BCUT2D eigenvalue weighted by Gasteiger charge is -2.10. The minimum absolute atomic E-state index is 0.302. The van der Waals surface area contributed by atoms with Crippen molar-refractivity contribution in [3.63, 3.8) is 0 Å². The fourth-order valence-corrected chi connectivity index (χ4v) is 3.42. The van der Waals surface area contributed by atoms with E-state index in [1.807, 2.05) is 43.3 Å². The van der Waals surface area contributed by atoms with E-state index >= 15 is 0 Å². The van der Waals surface area contributed by atoms with Gasteiger partial charge in [0.05, 0.1) is 17.8 Å². The molecule has 0 atom stereocenters. The molecule has 4 aromatic rings. The molecule has 0 aliphatic carbocycles. The standard InChI is InChI=1S/C22H20N4O2/c1-3-19-25-20-14(2)23-13-24-21(20)26(19)12-15-8-10-16(11-9-15)17-6-4-5-7-18(17)22(27)28/h4-11,13H,3,12H2,1-2H3,(H,27,28). The van der Waals surface area contributed by atoms with Crippen molar-refractivity contribution in [2.24, 2.45) is 0 Å². The summed E-state index contributed by atoms with van der Waals surface area (Å²) < 4.78 is 2.12. The second-order valence-electron chi connectivity index (χ2n) is 6.65. The Morgan fingerprint density at radius 1 is 1.07 bits per heavy atom. The maximum absolute atomic E-state index is 11.5. The van der Waals surface area contributed by atoms with Crippen molar-refractivity contribution in [3.8, 4) is 11.1 Å². The molecule has 28 heavy (non-hydrogen) atoms. The van der Waals surface area contributed by atoms with Gasteiger partial charge in [-0.05, 0) is 29.7 Å². The maximum Gasteiger partial charge on any atom is 0.336 e. The van der Waals surface area contributed by atoms with Crippen molar-refractivity contribution in [3.05, 3.63) is 77.5 Å². The third-order valence-electron chi connectivity index (χ3n) is 4.87. The lowest BCUT2D eigenvalue weighted by molar-refractivity contribution is 0.0697. The van der Waals surface area contributed by atoms with Crippen LogP contribution in [0.2, 0.25) is 0 Å². The van der Waals surface area contributed by atoms with Gasteiger partial charge in [-0.2, -0.15) is 0 Å². The largest absolute Gasteiger partial charge is 0.478 e. The van der Waals surface area contributed by atoms with Gasteiger partial charge in [-0.25, -0.2) is 19.7 Å². The van der Waals surface area contributed by atoms with Crippen LogP contribution >= 0.6 is 0 Å². The second-order valence-corrected chi connectivity index (χ2v) is 6.65. The Morgan fingerprint density at radius 3 is 2.54 bits per heavy atom. The number of nitrogens with zero attached hydrogens (tertiary/aromatic N) is 4. The summed E-state index contributed by atoms with van der Waals surface area (Å²) >= 11 is 0. The summed E-state index contributed by atoms with van der Waals surface area (Å²) in [7, 11) is 0. The molecule has 140 valence electrons. The molecule has 0 radical (unpaired) electrons. The lowest BCUT2D eigenvalue weighted by atomic mass is 9.99. The summed E-state index contributed by atoms with van der Waals surface area (Å²) in [4.78, 5) is 24.8. The van der Waals surface area contributed by atoms with Gasteiger partial charge in [-0.15, -0.1) is 0 Å². The quantitative estimate of drug-likeness (QED) is 0.570. The smallest absolute Gasteiger partial charge is 0.336 e. The molecule has 0 bridgehead atoms. The number of rotatable bonds is 5. The van der Waals surface area contributed by atoms with Crippen LogP contribution in [-0.4, -0.2) is 30.6 Å². The first-order valence-corrected chi connectivity index (χ1v) is 9.16. The zero-order chi connectivity index (χ0) is 19.7. The molecule has 0 saturated heterocycles. The van der Waals surface area contributed by atoms with E-state index in [-0.39, 0.29) is 0 Å². The first-order chi connectivity index (χ1) is 13.6. The fourth-order valence-electron chi connectivity index (χ4n) is 3.42. The number of hydrogen-bond donors (Lipinski definition) is 1. The molecule has 6 nitrogen and oxygen atoms in total. The predicted octanol–water partition coefficient (Wildman–Crippen LogP) is 4.11. The van der Waals surface area contributed by atoms with Gasteiger partial charge in [-0.1, -0.05) is 49.4 Å². The van der Waals surface area contributed by atoms with E-state index in [4.69, 9.17) is 4.98 Å². The number of benzene rings is 2. The van der Waals surface area contributed by atoms with Crippen LogP contribution < -0.4 is 0 Å². The Hall–Kier alpha value is -3.54. The van der Waals surface area contributed by atoms with Gasteiger partial charge < -0.3 is 9.67 Å². The Bertz CT molecular complexity index is 1160. The number of fused-ring (bicyclic) bond motifs is 1. The van der Waals surface area contributed by atoms with Crippen LogP contribution in [0, 0.1) is 6.92 Å². The van der Waals surface area contributed by atoms with Gasteiger partial charge in [0.15, 0.2) is 5.65 Å². The van der Waals surface area contributed by atoms with Crippen LogP contribution in [0.3, 0.4) is 0 Å². The van der Waals surface area contributed by atoms with Crippen LogP contribution in [0.4, 0.5) is 0 Å². The molecule has 0 amide bonds. The molecule has 0 unspecified atom stereocenters. The number of carboxylic acids is 1. The maximum atomic E-state index is 11.5. The Labute approximate surface area is 162 Å². The minimum Gasteiger partial charge on any atom is -0.478 e. The van der Waals surface area contributed by atoms with Crippen molar-refractivity contribution in [2.75, 3.05) is 0 Å². The molecular formula is C22H20N4O2. The summed E-state index contributed by atoms with van der Waals surface area (Å²) in [5.74, 6) is 0.0473. The molecular weight excluding hydrogens is 352 g/mol. The van der Waals surface area contributed by atoms with Crippen LogP contribution in [-0.2, 0) is 13.0 Å². The van der Waals surface area contributed by atoms with Crippen LogP contribution in [0.1, 0.15) is 34.4 Å². The number of aryl methyl sites for hydroxylation is 2. The van der Waals surface area contributed by atoms with E-state index in [1.54, 1.807) is 18.5 Å². The topological polar surface area (TPSA) is 80.9 Å². The van der Waals surface area contributed by atoms with Crippen molar-refractivity contribution in [2.45, 2.75) is 26.8 Å². The molecule has 0 aliphatic rings. The van der Waals surface area contributed by atoms with E-state index in [2.05, 4.69) is 21.5 Å². The number of aromatic nitrogens is 4. The highest BCUT2D eigenvalue weighted by atomic mass is 16.4. The molecule has 0 saturated carbocycles. The highest BCUT2D eigenvalue weighted by Gasteiger charge is 2.14. The number of imidazole rings is 1. The molecule has 2 aromatic carbocycles. The summed E-state index contributed by atoms with van der Waals surface area (Å²) in [5, 5.41) is 9.41. The van der Waals surface area contributed by atoms with Gasteiger partial charge in [0.2, 0.25) is 0 Å². The number of carboxylic acid groups (broad SMARTS) is 1. The van der Waals surface area contributed by atoms with Gasteiger partial charge in [0.1, 0.15) is 17.7 Å². The normalized spacial score (nSPS) is 11.1. The Balaban J connectivity index is 1.69. The monoisotopic (exact) mass is 372 g/mol. The van der Waals surface area contributed by atoms with Gasteiger partial charge in [0.25, 0.3) is 0 Å². The van der Waals surface area contributed by atoms with E-state index in [0.29, 0.717) is 17.7 Å². The van der Waals surface area contributed by atoms with E-state index in [0.717, 1.165) is 40.2 Å². The average Bonchev–Trinajstić information content (AvgIpc) is 3.07. The highest BCUT2D eigenvalue weighted by Crippen LogP contribution is 2.25. The van der Waals surface area contributed by atoms with Gasteiger partial charge in [0, 0.05) is 6.42 Å². The van der Waals surface area contributed by atoms with E-state index < -0.39 is 5.97 Å². The van der Waals surface area contributed by atoms with Gasteiger partial charge in [-0.3, -0.25) is 0 Å². The molecule has 6 heteroatoms. The van der Waals surface area contributed by atoms with Crippen molar-refractivity contribution < 1.29 is 9.90 Å². The molecule has 4 rings (SSSR count). The summed E-state index contributed by atoms with van der Waals surface area (Å²) in [5.41, 5.74) is 5.55. The number of aromatic carboxylic acids is 1. The molecule has 0 fully saturated rings. The third kappa shape index (κ3) is 3.13. The zero-order valence-electron chi connectivity index (χ0n) is 15.8. The molecule has 2 aromatic heterocycles. The van der Waals surface area contributed by atoms with Crippen molar-refractivity contribution >= 4 is 17.1 Å². The van der Waals surface area contributed by atoms with Crippen molar-refractivity contribution in [1.82, 2.24) is 19.5 Å². The molecule has 0 aliphatic heterocycles. The number of carbonyl (C=O) groups is 1. The Kier molecular flexibility index (Phi) is 4.61. The lowest BCUT2D eigenvalue weighted by Crippen LogP contribution is -2.05. The second kappa shape index (κ2) is 7.23. The zero-order valence-corrected chi connectivity index (χ0v) is 15.8. The summed E-state index contributed by atoms with van der Waals surface area (Å²) in [6.07, 6.45) is 2.38. The first-order valence-electron chi connectivity index (χ1n) is 9.16. The van der Waals surface area contributed by atoms with Crippen molar-refractivity contribution in [1.29, 1.82) is 0 Å². The van der Waals surface area contributed by atoms with E-state index in [9.17, 15) is 9.90 Å². The van der Waals surface area contributed by atoms with E-state index in [1.165, 1.54) is 0 Å². The average molecular weight is 372 g/mol.